The van der Waals surface area contributed by atoms with Crippen LogP contribution in [0.4, 0.5) is 11.4 Å². The summed E-state index contributed by atoms with van der Waals surface area (Å²) in [7, 11) is 3.61. The number of nitrogens with one attached hydrogen (secondary N) is 3. The maximum Gasteiger partial charge on any atom is 0.270 e. The highest BCUT2D eigenvalue weighted by Gasteiger charge is 2.14. The molecule has 2 aromatic rings. The van der Waals surface area contributed by atoms with Gasteiger partial charge in [-0.2, -0.15) is 5.26 Å². The van der Waals surface area contributed by atoms with Crippen molar-refractivity contribution in [1.29, 1.82) is 5.26 Å². The van der Waals surface area contributed by atoms with Crippen LogP contribution in [0.2, 0.25) is 0 Å². The normalized spacial score (nSPS) is 12.0. The minimum absolute atomic E-state index is 0.0201. The number of hydrogen-bond acceptors (Lipinski definition) is 7. The first kappa shape index (κ1) is 24.4. The van der Waals surface area contributed by atoms with Crippen molar-refractivity contribution in [2.24, 2.45) is 0 Å². The van der Waals surface area contributed by atoms with Crippen molar-refractivity contribution in [3.8, 4) is 18.4 Å². The van der Waals surface area contributed by atoms with Gasteiger partial charge in [-0.15, -0.1) is 17.8 Å². The smallest absolute Gasteiger partial charge is 0.270 e. The Balaban J connectivity index is 2.38. The number of terminal acetylenes is 1. The molecule has 0 saturated heterocycles. The summed E-state index contributed by atoms with van der Waals surface area (Å²) in [6, 6.07) is 8.91. The van der Waals surface area contributed by atoms with E-state index in [0.29, 0.717) is 22.5 Å². The Kier molecular flexibility index (Phi) is 8.78. The topological polar surface area (TPSA) is 119 Å². The molecule has 2 rings (SSSR count). The average Bonchev–Trinajstić information content (AvgIpc) is 3.06. The van der Waals surface area contributed by atoms with Crippen LogP contribution in [0.5, 0.6) is 0 Å². The summed E-state index contributed by atoms with van der Waals surface area (Å²) in [5.74, 6) is 1.50. The van der Waals surface area contributed by atoms with Crippen molar-refractivity contribution in [2.45, 2.75) is 13.5 Å². The molecule has 0 fully saturated rings. The van der Waals surface area contributed by atoms with Gasteiger partial charge in [0.05, 0.1) is 13.1 Å². The highest BCUT2D eigenvalue weighted by atomic mass is 32.1. The Labute approximate surface area is 189 Å². The van der Waals surface area contributed by atoms with Gasteiger partial charge in [0.2, 0.25) is 5.91 Å². The highest BCUT2D eigenvalue weighted by molar-refractivity contribution is 7.07. The van der Waals surface area contributed by atoms with Crippen molar-refractivity contribution >= 4 is 46.3 Å². The molecule has 10 heteroatoms. The van der Waals surface area contributed by atoms with Gasteiger partial charge in [-0.3, -0.25) is 19.0 Å². The van der Waals surface area contributed by atoms with Crippen LogP contribution in [0.25, 0.3) is 11.8 Å². The molecule has 0 unspecified atom stereocenters. The first-order valence-electron chi connectivity index (χ1n) is 9.67. The molecular weight excluding hydrogens is 428 g/mol. The van der Waals surface area contributed by atoms with E-state index in [9.17, 15) is 19.6 Å². The summed E-state index contributed by atoms with van der Waals surface area (Å²) in [6.45, 7) is 2.28. The fraction of sp³-hybridized carbons (Fsp3) is 0.273. The summed E-state index contributed by atoms with van der Waals surface area (Å²) in [5.41, 5.74) is 0.766. The molecule has 166 valence electrons. The van der Waals surface area contributed by atoms with Crippen molar-refractivity contribution in [3.63, 3.8) is 0 Å². The van der Waals surface area contributed by atoms with Gasteiger partial charge >= 0.3 is 0 Å². The van der Waals surface area contributed by atoms with E-state index in [4.69, 9.17) is 6.42 Å². The summed E-state index contributed by atoms with van der Waals surface area (Å²) in [5, 5.41) is 17.7. The number of likely N-dealkylation sites (N-methyl/N-ethyl adjacent to an activating group) is 1. The Morgan fingerprint density at radius 1 is 1.31 bits per heavy atom. The molecule has 9 nitrogen and oxygen atoms in total. The van der Waals surface area contributed by atoms with E-state index >= 15 is 0 Å². The van der Waals surface area contributed by atoms with Crippen LogP contribution in [0.1, 0.15) is 6.92 Å². The third-order valence-electron chi connectivity index (χ3n) is 4.10. The van der Waals surface area contributed by atoms with Crippen LogP contribution in [-0.2, 0) is 16.1 Å². The van der Waals surface area contributed by atoms with Gasteiger partial charge in [0.25, 0.3) is 11.5 Å². The molecule has 1 heterocycles. The van der Waals surface area contributed by atoms with E-state index in [1.807, 2.05) is 6.07 Å². The van der Waals surface area contributed by atoms with Gasteiger partial charge in [-0.25, -0.2) is 0 Å². The van der Waals surface area contributed by atoms with Gasteiger partial charge < -0.3 is 20.9 Å². The van der Waals surface area contributed by atoms with E-state index in [1.54, 1.807) is 50.2 Å². The largest absolute Gasteiger partial charge is 0.360 e. The average molecular weight is 453 g/mol. The number of hydrogen-bond donors (Lipinski definition) is 3. The van der Waals surface area contributed by atoms with Crippen LogP contribution >= 0.6 is 11.3 Å². The molecule has 3 N–H and O–H groups in total. The van der Waals surface area contributed by atoms with E-state index in [-0.39, 0.29) is 34.8 Å². The van der Waals surface area contributed by atoms with Crippen molar-refractivity contribution in [1.82, 2.24) is 14.8 Å². The van der Waals surface area contributed by atoms with Crippen LogP contribution < -0.4 is 30.7 Å². The lowest BCUT2D eigenvalue weighted by Crippen LogP contribution is -2.34. The number of thiazole rings is 1. The number of amides is 2. The summed E-state index contributed by atoms with van der Waals surface area (Å²) in [6.07, 6.45) is 6.66. The second kappa shape index (κ2) is 11.5. The summed E-state index contributed by atoms with van der Waals surface area (Å²) >= 11 is 1.03. The first-order valence-corrected chi connectivity index (χ1v) is 10.5. The number of anilines is 2. The van der Waals surface area contributed by atoms with E-state index < -0.39 is 5.91 Å². The quantitative estimate of drug-likeness (QED) is 0.474. The van der Waals surface area contributed by atoms with Gasteiger partial charge in [0.15, 0.2) is 5.57 Å². The predicted molar refractivity (Wildman–Crippen MR) is 126 cm³/mol. The fourth-order valence-electron chi connectivity index (χ4n) is 2.73. The minimum Gasteiger partial charge on any atom is -0.360 e. The highest BCUT2D eigenvalue weighted by Crippen LogP contribution is 2.15. The van der Waals surface area contributed by atoms with Crippen LogP contribution in [0.3, 0.4) is 0 Å². The first-order chi connectivity index (χ1) is 15.3. The summed E-state index contributed by atoms with van der Waals surface area (Å²) < 4.78 is 1.94. The molecule has 0 aliphatic rings. The van der Waals surface area contributed by atoms with E-state index in [1.165, 1.54) is 10.8 Å². The maximum atomic E-state index is 12.8. The number of aromatic nitrogens is 1. The Morgan fingerprint density at radius 2 is 2.03 bits per heavy atom. The second-order valence-electron chi connectivity index (χ2n) is 6.85. The van der Waals surface area contributed by atoms with E-state index in [2.05, 4.69) is 21.9 Å². The SMILES string of the molecule is C#CCNC(=O)C(C#N)=c1sc(=CNc2cccc(NC(=O)CN(C)C)c2)c(=O)n1CC. The lowest BCUT2D eigenvalue weighted by molar-refractivity contribution is -0.117. The Hall–Kier alpha value is -3.86. The number of rotatable bonds is 8. The molecule has 0 bridgehead atoms. The summed E-state index contributed by atoms with van der Waals surface area (Å²) in [4.78, 5) is 38.7. The third-order valence-corrected chi connectivity index (χ3v) is 5.23. The molecule has 32 heavy (non-hydrogen) atoms. The lowest BCUT2D eigenvalue weighted by atomic mass is 10.2. The molecule has 0 saturated carbocycles. The van der Waals surface area contributed by atoms with Gasteiger partial charge in [-0.05, 0) is 39.2 Å². The number of nitriles is 1. The number of nitrogens with zero attached hydrogens (tertiary/aromatic N) is 3. The number of benzene rings is 1. The zero-order valence-corrected chi connectivity index (χ0v) is 18.9. The number of carbonyl (C=O) groups excluding carboxylic acids is 2. The molecule has 2 amide bonds. The van der Waals surface area contributed by atoms with E-state index in [0.717, 1.165) is 11.3 Å². The van der Waals surface area contributed by atoms with Crippen LogP contribution in [-0.4, -0.2) is 48.5 Å². The monoisotopic (exact) mass is 452 g/mol. The van der Waals surface area contributed by atoms with Crippen LogP contribution in [0.15, 0.2) is 29.1 Å². The van der Waals surface area contributed by atoms with Gasteiger partial charge in [0, 0.05) is 24.1 Å². The molecule has 0 aliphatic heterocycles. The molecule has 0 atom stereocenters. The number of carbonyl (C=O) groups is 2. The second-order valence-corrected chi connectivity index (χ2v) is 7.88. The molecule has 0 radical (unpaired) electrons. The predicted octanol–water partition coefficient (Wildman–Crippen LogP) is -0.296. The molecule has 0 aliphatic carbocycles. The molecule has 0 spiro atoms. The van der Waals surface area contributed by atoms with Crippen molar-refractivity contribution in [3.05, 3.63) is 43.8 Å². The van der Waals surface area contributed by atoms with Crippen molar-refractivity contribution < 1.29 is 9.59 Å². The van der Waals surface area contributed by atoms with Crippen LogP contribution in [0, 0.1) is 23.7 Å². The Bertz CT molecular complexity index is 1260. The third kappa shape index (κ3) is 6.32. The maximum absolute atomic E-state index is 12.8. The Morgan fingerprint density at radius 3 is 2.66 bits per heavy atom. The van der Waals surface area contributed by atoms with Gasteiger partial charge in [0.1, 0.15) is 15.3 Å². The zero-order valence-electron chi connectivity index (χ0n) is 18.1. The van der Waals surface area contributed by atoms with Crippen molar-refractivity contribution in [2.75, 3.05) is 37.8 Å². The minimum atomic E-state index is -0.630. The molecule has 1 aromatic carbocycles. The zero-order chi connectivity index (χ0) is 23.7. The lowest BCUT2D eigenvalue weighted by Gasteiger charge is -2.10. The molecular formula is C22H24N6O3S. The fourth-order valence-corrected chi connectivity index (χ4v) is 3.82. The standard InChI is InChI=1S/C22H24N6O3S/c1-5-10-24-20(30)17(12-23)22-28(6-2)21(31)18(32-22)13-25-15-8-7-9-16(11-15)26-19(29)14-27(3)4/h1,7-9,11,13,25H,6,10,14H2,2-4H3,(H,24,30)(H,26,29). The van der Waals surface area contributed by atoms with Gasteiger partial charge in [-0.1, -0.05) is 12.0 Å². The molecule has 1 aromatic heterocycles.